The van der Waals surface area contributed by atoms with Crippen molar-refractivity contribution in [2.75, 3.05) is 6.61 Å². The maximum Gasteiger partial charge on any atom is 0.446 e. The molecule has 1 aromatic rings. The number of esters is 1. The molecule has 0 N–H and O–H groups in total. The van der Waals surface area contributed by atoms with Crippen molar-refractivity contribution >= 4 is 29.3 Å². The number of hydrogen-bond donors (Lipinski definition) is 0. The minimum Gasteiger partial charge on any atom is -0.466 e. The van der Waals surface area contributed by atoms with Crippen LogP contribution in [0.25, 0.3) is 0 Å². The molecule has 8 heteroatoms. The normalized spacial score (nSPS) is 11.0. The van der Waals surface area contributed by atoms with E-state index in [0.29, 0.717) is 0 Å². The Hall–Kier alpha value is -1.39. The Morgan fingerprint density at radius 1 is 1.50 bits per heavy atom. The quantitative estimate of drug-likeness (QED) is 0.622. The zero-order chi connectivity index (χ0) is 15.3. The summed E-state index contributed by atoms with van der Waals surface area (Å²) in [4.78, 5) is 10.9. The minimum atomic E-state index is -4.57. The zero-order valence-corrected chi connectivity index (χ0v) is 11.8. The summed E-state index contributed by atoms with van der Waals surface area (Å²) in [5.74, 6) is -0.595. The van der Waals surface area contributed by atoms with Crippen molar-refractivity contribution in [2.24, 2.45) is 0 Å². The summed E-state index contributed by atoms with van der Waals surface area (Å²) in [6.07, 6.45) is -0.246. The van der Waals surface area contributed by atoms with E-state index in [2.05, 4.69) is 0 Å². The van der Waals surface area contributed by atoms with Crippen LogP contribution in [0.5, 0.6) is 0 Å². The molecule has 0 saturated heterocycles. The summed E-state index contributed by atoms with van der Waals surface area (Å²) in [7, 11) is 0. The second kappa shape index (κ2) is 6.86. The van der Waals surface area contributed by atoms with Gasteiger partial charge in [0.2, 0.25) is 0 Å². The van der Waals surface area contributed by atoms with Crippen LogP contribution >= 0.6 is 23.4 Å². The third kappa shape index (κ3) is 4.62. The Balaban J connectivity index is 3.15. The standard InChI is InChI=1S/C12H9ClF3NO2S/c1-2-19-9(18)5-7-3-4-8(6-17)11(10(7)13)20-12(14,15)16/h3-4H,2,5H2,1H3. The number of carbonyl (C=O) groups excluding carboxylic acids is 1. The average Bonchev–Trinajstić information content (AvgIpc) is 2.33. The van der Waals surface area contributed by atoms with Gasteiger partial charge in [-0.3, -0.25) is 4.79 Å². The van der Waals surface area contributed by atoms with E-state index >= 15 is 0 Å². The molecule has 1 rings (SSSR count). The number of benzene rings is 1. The fourth-order valence-corrected chi connectivity index (χ4v) is 2.43. The number of alkyl halides is 3. The predicted molar refractivity (Wildman–Crippen MR) is 68.4 cm³/mol. The smallest absolute Gasteiger partial charge is 0.446 e. The Morgan fingerprint density at radius 2 is 2.15 bits per heavy atom. The van der Waals surface area contributed by atoms with E-state index in [1.54, 1.807) is 13.0 Å². The van der Waals surface area contributed by atoms with E-state index in [0.717, 1.165) is 0 Å². The second-order valence-corrected chi connectivity index (χ2v) is 5.01. The van der Waals surface area contributed by atoms with Gasteiger partial charge in [0.05, 0.1) is 28.5 Å². The largest absolute Gasteiger partial charge is 0.466 e. The highest BCUT2D eigenvalue weighted by Gasteiger charge is 2.32. The highest BCUT2D eigenvalue weighted by atomic mass is 35.5. The topological polar surface area (TPSA) is 50.1 Å². The first kappa shape index (κ1) is 16.7. The molecule has 0 aromatic heterocycles. The van der Waals surface area contributed by atoms with Crippen molar-refractivity contribution in [2.45, 2.75) is 23.7 Å². The SMILES string of the molecule is CCOC(=O)Cc1ccc(C#N)c(SC(F)(F)F)c1Cl. The van der Waals surface area contributed by atoms with Gasteiger partial charge < -0.3 is 4.74 Å². The van der Waals surface area contributed by atoms with Gasteiger partial charge in [-0.05, 0) is 30.3 Å². The number of carbonyl (C=O) groups is 1. The summed E-state index contributed by atoms with van der Waals surface area (Å²) < 4.78 is 42.1. The summed E-state index contributed by atoms with van der Waals surface area (Å²) >= 11 is 5.39. The first-order chi connectivity index (χ1) is 9.28. The lowest BCUT2D eigenvalue weighted by Gasteiger charge is -2.12. The van der Waals surface area contributed by atoms with E-state index < -0.39 is 28.1 Å². The van der Waals surface area contributed by atoms with E-state index in [1.807, 2.05) is 0 Å². The molecule has 0 amide bonds. The predicted octanol–water partition coefficient (Wildman–Crippen LogP) is 3.93. The second-order valence-electron chi connectivity index (χ2n) is 3.56. The highest BCUT2D eigenvalue weighted by molar-refractivity contribution is 8.00. The lowest BCUT2D eigenvalue weighted by Crippen LogP contribution is -2.09. The summed E-state index contributed by atoms with van der Waals surface area (Å²) in [5.41, 5.74) is -4.57. The average molecular weight is 324 g/mol. The molecule has 0 bridgehead atoms. The molecular weight excluding hydrogens is 315 g/mol. The monoisotopic (exact) mass is 323 g/mol. The van der Waals surface area contributed by atoms with Crippen molar-refractivity contribution in [1.29, 1.82) is 5.26 Å². The number of halogens is 4. The van der Waals surface area contributed by atoms with Crippen LogP contribution in [0.4, 0.5) is 13.2 Å². The Labute approximate surface area is 122 Å². The van der Waals surface area contributed by atoms with Crippen molar-refractivity contribution in [1.82, 2.24) is 0 Å². The molecule has 0 atom stereocenters. The van der Waals surface area contributed by atoms with Gasteiger partial charge in [-0.2, -0.15) is 18.4 Å². The summed E-state index contributed by atoms with van der Waals surface area (Å²) in [5, 5.41) is 8.57. The van der Waals surface area contributed by atoms with Crippen LogP contribution in [0.1, 0.15) is 18.1 Å². The molecule has 0 heterocycles. The number of thioether (sulfide) groups is 1. The van der Waals surface area contributed by atoms with Crippen LogP contribution in [0.2, 0.25) is 5.02 Å². The number of rotatable bonds is 4. The Kier molecular flexibility index (Phi) is 5.72. The van der Waals surface area contributed by atoms with Crippen molar-refractivity contribution in [3.05, 3.63) is 28.3 Å². The highest BCUT2D eigenvalue weighted by Crippen LogP contribution is 2.43. The van der Waals surface area contributed by atoms with E-state index in [-0.39, 0.29) is 29.2 Å². The molecule has 0 radical (unpaired) electrons. The Bertz CT molecular complexity index is 555. The van der Waals surface area contributed by atoms with Gasteiger partial charge >= 0.3 is 11.5 Å². The molecule has 108 valence electrons. The number of nitrogens with zero attached hydrogens (tertiary/aromatic N) is 1. The Morgan fingerprint density at radius 3 is 2.65 bits per heavy atom. The van der Waals surface area contributed by atoms with Crippen LogP contribution in [-0.4, -0.2) is 18.1 Å². The molecule has 0 saturated carbocycles. The van der Waals surface area contributed by atoms with Gasteiger partial charge in [-0.25, -0.2) is 0 Å². The molecule has 0 aliphatic rings. The molecule has 1 aromatic carbocycles. The summed E-state index contributed by atoms with van der Waals surface area (Å²) in [6.45, 7) is 1.78. The summed E-state index contributed by atoms with van der Waals surface area (Å²) in [6, 6.07) is 4.19. The maximum absolute atomic E-state index is 12.5. The fraction of sp³-hybridized carbons (Fsp3) is 0.333. The van der Waals surface area contributed by atoms with Crippen LogP contribution in [0, 0.1) is 11.3 Å². The van der Waals surface area contributed by atoms with Crippen LogP contribution in [-0.2, 0) is 16.0 Å². The number of ether oxygens (including phenoxy) is 1. The molecule has 3 nitrogen and oxygen atoms in total. The molecule has 0 aliphatic carbocycles. The third-order valence-corrected chi connectivity index (χ3v) is 3.56. The van der Waals surface area contributed by atoms with Crippen molar-refractivity contribution in [3.63, 3.8) is 0 Å². The minimum absolute atomic E-state index is 0.164. The van der Waals surface area contributed by atoms with Gasteiger partial charge in [0.25, 0.3) is 0 Å². The lowest BCUT2D eigenvalue weighted by atomic mass is 10.1. The molecule has 0 fully saturated rings. The van der Waals surface area contributed by atoms with Gasteiger partial charge in [0.15, 0.2) is 0 Å². The number of hydrogen-bond acceptors (Lipinski definition) is 4. The molecular formula is C12H9ClF3NO2S. The zero-order valence-electron chi connectivity index (χ0n) is 10.3. The van der Waals surface area contributed by atoms with Crippen molar-refractivity contribution in [3.8, 4) is 6.07 Å². The fourth-order valence-electron chi connectivity index (χ4n) is 1.40. The molecule has 0 spiro atoms. The van der Waals surface area contributed by atoms with Gasteiger partial charge in [0.1, 0.15) is 6.07 Å². The van der Waals surface area contributed by atoms with Gasteiger partial charge in [0, 0.05) is 0 Å². The molecule has 20 heavy (non-hydrogen) atoms. The van der Waals surface area contributed by atoms with Gasteiger partial charge in [-0.15, -0.1) is 0 Å². The lowest BCUT2D eigenvalue weighted by molar-refractivity contribution is -0.142. The van der Waals surface area contributed by atoms with Gasteiger partial charge in [-0.1, -0.05) is 17.7 Å². The van der Waals surface area contributed by atoms with E-state index in [1.165, 1.54) is 12.1 Å². The van der Waals surface area contributed by atoms with Crippen molar-refractivity contribution < 1.29 is 22.7 Å². The molecule has 0 aliphatic heterocycles. The van der Waals surface area contributed by atoms with E-state index in [4.69, 9.17) is 21.6 Å². The van der Waals surface area contributed by atoms with Crippen LogP contribution in [0.3, 0.4) is 0 Å². The van der Waals surface area contributed by atoms with Crippen LogP contribution in [0.15, 0.2) is 17.0 Å². The third-order valence-electron chi connectivity index (χ3n) is 2.16. The van der Waals surface area contributed by atoms with E-state index in [9.17, 15) is 18.0 Å². The number of nitriles is 1. The first-order valence-electron chi connectivity index (χ1n) is 5.41. The maximum atomic E-state index is 12.5. The molecule has 0 unspecified atom stereocenters. The van der Waals surface area contributed by atoms with Crippen LogP contribution < -0.4 is 0 Å². The first-order valence-corrected chi connectivity index (χ1v) is 6.60.